The van der Waals surface area contributed by atoms with E-state index in [1.165, 1.54) is 58.5 Å². The molecule has 0 aromatic carbocycles. The van der Waals surface area contributed by atoms with E-state index in [2.05, 4.69) is 103 Å². The summed E-state index contributed by atoms with van der Waals surface area (Å²) >= 11 is 0. The lowest BCUT2D eigenvalue weighted by Crippen LogP contribution is -2.41. The zero-order valence-electron chi connectivity index (χ0n) is 23.6. The lowest BCUT2D eigenvalue weighted by Gasteiger charge is -2.34. The molecule has 0 N–H and O–H groups in total. The third kappa shape index (κ3) is 13.2. The lowest BCUT2D eigenvalue weighted by molar-refractivity contribution is 0.137. The van der Waals surface area contributed by atoms with Crippen molar-refractivity contribution in [2.75, 3.05) is 39.3 Å². The summed E-state index contributed by atoms with van der Waals surface area (Å²) in [5, 5.41) is 0. The highest BCUT2D eigenvalue weighted by Crippen LogP contribution is 2.10. The maximum absolute atomic E-state index is 2.69. The summed E-state index contributed by atoms with van der Waals surface area (Å²) in [6.45, 7) is 35.3. The maximum Gasteiger partial charge on any atom is 0.00413 e. The fraction of sp³-hybridized carbons (Fsp3) is 1.00. The summed E-state index contributed by atoms with van der Waals surface area (Å²) in [7, 11) is 0. The Labute approximate surface area is 197 Å². The van der Waals surface area contributed by atoms with E-state index in [4.69, 9.17) is 0 Å². The second kappa shape index (κ2) is 16.5. The highest BCUT2D eigenvalue weighted by atomic mass is 15.2. The zero-order chi connectivity index (χ0) is 24.1. The number of nitrogens with zero attached hydrogens (tertiary/aromatic N) is 4. The molecule has 188 valence electrons. The van der Waals surface area contributed by atoms with Crippen LogP contribution in [0, 0.1) is 0 Å². The van der Waals surface area contributed by atoms with Crippen LogP contribution in [0.5, 0.6) is 0 Å². The second-order valence-electron chi connectivity index (χ2n) is 11.2. The summed E-state index contributed by atoms with van der Waals surface area (Å²) in [5.74, 6) is 0. The fourth-order valence-corrected chi connectivity index (χ4v) is 4.87. The monoisotopic (exact) mass is 440 g/mol. The van der Waals surface area contributed by atoms with Crippen molar-refractivity contribution >= 4 is 0 Å². The Bertz CT molecular complexity index is 363. The van der Waals surface area contributed by atoms with E-state index in [9.17, 15) is 0 Å². The SMILES string of the molecule is CC(C)N(CCCN(CCCN(C(C)C)C(C)C)C(C)C)CCCN(C(C)C)C(C)C. The van der Waals surface area contributed by atoms with E-state index in [1.807, 2.05) is 0 Å². The van der Waals surface area contributed by atoms with Crippen LogP contribution in [0.15, 0.2) is 0 Å². The van der Waals surface area contributed by atoms with Gasteiger partial charge in [-0.15, -0.1) is 0 Å². The van der Waals surface area contributed by atoms with Crippen molar-refractivity contribution in [2.24, 2.45) is 0 Å². The van der Waals surface area contributed by atoms with Gasteiger partial charge in [0, 0.05) is 36.3 Å². The molecule has 0 fully saturated rings. The highest BCUT2D eigenvalue weighted by Gasteiger charge is 2.17. The molecular weight excluding hydrogens is 380 g/mol. The van der Waals surface area contributed by atoms with Crippen LogP contribution in [-0.4, -0.2) is 95.1 Å². The van der Waals surface area contributed by atoms with E-state index < -0.39 is 0 Å². The van der Waals surface area contributed by atoms with Crippen molar-refractivity contribution in [3.05, 3.63) is 0 Å². The van der Waals surface area contributed by atoms with Gasteiger partial charge in [-0.25, -0.2) is 0 Å². The molecule has 0 saturated carbocycles. The molecule has 0 radical (unpaired) electrons. The lowest BCUT2D eigenvalue weighted by atomic mass is 10.2. The fourth-order valence-electron chi connectivity index (χ4n) is 4.87. The second-order valence-corrected chi connectivity index (χ2v) is 11.2. The van der Waals surface area contributed by atoms with Gasteiger partial charge in [-0.3, -0.25) is 9.80 Å². The quantitative estimate of drug-likeness (QED) is 0.266. The van der Waals surface area contributed by atoms with Crippen molar-refractivity contribution in [1.82, 2.24) is 19.6 Å². The van der Waals surface area contributed by atoms with Crippen molar-refractivity contribution in [3.63, 3.8) is 0 Å². The number of hydrogen-bond acceptors (Lipinski definition) is 4. The van der Waals surface area contributed by atoms with Gasteiger partial charge in [-0.05, 0) is 142 Å². The highest BCUT2D eigenvalue weighted by molar-refractivity contribution is 4.73. The van der Waals surface area contributed by atoms with Crippen LogP contribution in [0.4, 0.5) is 0 Å². The molecule has 0 aromatic rings. The first-order valence-corrected chi connectivity index (χ1v) is 13.4. The predicted molar refractivity (Wildman–Crippen MR) is 141 cm³/mol. The van der Waals surface area contributed by atoms with Crippen LogP contribution in [0.1, 0.15) is 102 Å². The molecule has 0 bridgehead atoms. The largest absolute Gasteiger partial charge is 0.301 e. The van der Waals surface area contributed by atoms with Crippen LogP contribution in [-0.2, 0) is 0 Å². The first-order chi connectivity index (χ1) is 14.4. The van der Waals surface area contributed by atoms with Gasteiger partial charge < -0.3 is 9.80 Å². The van der Waals surface area contributed by atoms with Crippen LogP contribution in [0.3, 0.4) is 0 Å². The Hall–Kier alpha value is -0.160. The van der Waals surface area contributed by atoms with E-state index >= 15 is 0 Å². The Balaban J connectivity index is 4.48. The normalized spacial score (nSPS) is 13.4. The van der Waals surface area contributed by atoms with E-state index in [1.54, 1.807) is 0 Å². The maximum atomic E-state index is 2.69. The standard InChI is InChI=1S/C27H60N4/c1-22(2)28(18-14-20-30(24(5)6)25(7)8)16-13-17-29(23(3)4)19-15-21-31(26(9)10)27(11)12/h22-27H,13-21H2,1-12H3. The average molecular weight is 441 g/mol. The van der Waals surface area contributed by atoms with Crippen molar-refractivity contribution in [1.29, 1.82) is 0 Å². The molecule has 0 spiro atoms. The minimum atomic E-state index is 0.629. The molecule has 0 saturated heterocycles. The van der Waals surface area contributed by atoms with Gasteiger partial charge in [0.25, 0.3) is 0 Å². The molecule has 0 aliphatic carbocycles. The average Bonchev–Trinajstić information content (AvgIpc) is 2.63. The van der Waals surface area contributed by atoms with Crippen LogP contribution in [0.2, 0.25) is 0 Å². The van der Waals surface area contributed by atoms with Gasteiger partial charge in [0.1, 0.15) is 0 Å². The van der Waals surface area contributed by atoms with Crippen molar-refractivity contribution in [2.45, 2.75) is 139 Å². The summed E-state index contributed by atoms with van der Waals surface area (Å²) in [6, 6.07) is 3.79. The molecule has 0 aliphatic rings. The molecule has 0 heterocycles. The number of rotatable bonds is 18. The minimum Gasteiger partial charge on any atom is -0.301 e. The summed E-state index contributed by atoms with van der Waals surface area (Å²) in [4.78, 5) is 10.6. The molecule has 31 heavy (non-hydrogen) atoms. The van der Waals surface area contributed by atoms with E-state index in [-0.39, 0.29) is 0 Å². The van der Waals surface area contributed by atoms with Crippen LogP contribution in [0.25, 0.3) is 0 Å². The molecule has 4 heteroatoms. The first kappa shape index (κ1) is 30.8. The molecule has 0 aliphatic heterocycles. The Morgan fingerprint density at radius 1 is 0.323 bits per heavy atom. The van der Waals surface area contributed by atoms with Gasteiger partial charge in [-0.1, -0.05) is 0 Å². The van der Waals surface area contributed by atoms with E-state index in [0.29, 0.717) is 36.3 Å². The Morgan fingerprint density at radius 3 is 0.742 bits per heavy atom. The third-order valence-electron chi connectivity index (χ3n) is 6.73. The van der Waals surface area contributed by atoms with Gasteiger partial charge in [0.05, 0.1) is 0 Å². The minimum absolute atomic E-state index is 0.629. The molecule has 0 atom stereocenters. The van der Waals surface area contributed by atoms with Crippen LogP contribution < -0.4 is 0 Å². The van der Waals surface area contributed by atoms with Gasteiger partial charge >= 0.3 is 0 Å². The van der Waals surface area contributed by atoms with E-state index in [0.717, 1.165) is 0 Å². The van der Waals surface area contributed by atoms with Crippen molar-refractivity contribution < 1.29 is 0 Å². The van der Waals surface area contributed by atoms with Crippen LogP contribution >= 0.6 is 0 Å². The summed E-state index contributed by atoms with van der Waals surface area (Å²) < 4.78 is 0. The van der Waals surface area contributed by atoms with Gasteiger partial charge in [0.2, 0.25) is 0 Å². The van der Waals surface area contributed by atoms with Gasteiger partial charge in [0.15, 0.2) is 0 Å². The third-order valence-corrected chi connectivity index (χ3v) is 6.73. The Morgan fingerprint density at radius 2 is 0.548 bits per heavy atom. The first-order valence-electron chi connectivity index (χ1n) is 13.4. The molecule has 0 rings (SSSR count). The molecule has 0 amide bonds. The zero-order valence-corrected chi connectivity index (χ0v) is 23.6. The smallest absolute Gasteiger partial charge is 0.00413 e. The topological polar surface area (TPSA) is 13.0 Å². The summed E-state index contributed by atoms with van der Waals surface area (Å²) in [5.41, 5.74) is 0. The van der Waals surface area contributed by atoms with Gasteiger partial charge in [-0.2, -0.15) is 0 Å². The molecule has 4 nitrogen and oxygen atoms in total. The predicted octanol–water partition coefficient (Wildman–Crippen LogP) is 5.82. The molecular formula is C27H60N4. The Kier molecular flexibility index (Phi) is 16.4. The summed E-state index contributed by atoms with van der Waals surface area (Å²) in [6.07, 6.45) is 3.80. The van der Waals surface area contributed by atoms with Crippen molar-refractivity contribution in [3.8, 4) is 0 Å². The molecule has 0 unspecified atom stereocenters. The molecule has 0 aromatic heterocycles. The number of hydrogen-bond donors (Lipinski definition) is 0.